The SMILES string of the molecule is Cc1[nH]c(N)nc1C1C(c2nc(C(C)C)nn2C(C)(C)C)C1(C)C. The third-order valence-electron chi connectivity index (χ3n) is 5.14. The number of rotatable bonds is 3. The van der Waals surface area contributed by atoms with Gasteiger partial charge < -0.3 is 10.7 Å². The molecule has 0 radical (unpaired) electrons. The summed E-state index contributed by atoms with van der Waals surface area (Å²) in [5.74, 6) is 3.41. The molecule has 132 valence electrons. The Morgan fingerprint density at radius 2 is 1.79 bits per heavy atom. The minimum absolute atomic E-state index is 0.0939. The highest BCUT2D eigenvalue weighted by molar-refractivity contribution is 5.40. The van der Waals surface area contributed by atoms with Crippen molar-refractivity contribution in [1.82, 2.24) is 24.7 Å². The smallest absolute Gasteiger partial charge is 0.197 e. The molecule has 3 rings (SSSR count). The van der Waals surface area contributed by atoms with Crippen molar-refractivity contribution in [3.8, 4) is 0 Å². The molecular formula is C18H30N6. The summed E-state index contributed by atoms with van der Waals surface area (Å²) in [7, 11) is 0. The number of nitrogens with zero attached hydrogens (tertiary/aromatic N) is 4. The van der Waals surface area contributed by atoms with Gasteiger partial charge in [-0.25, -0.2) is 14.6 Å². The molecule has 0 spiro atoms. The molecule has 2 aromatic rings. The van der Waals surface area contributed by atoms with Crippen LogP contribution >= 0.6 is 0 Å². The van der Waals surface area contributed by atoms with Crippen molar-refractivity contribution in [2.24, 2.45) is 5.41 Å². The number of imidazole rings is 1. The molecule has 1 fully saturated rings. The Labute approximate surface area is 144 Å². The number of aromatic amines is 1. The number of H-pyrrole nitrogens is 1. The van der Waals surface area contributed by atoms with E-state index in [-0.39, 0.29) is 11.0 Å². The van der Waals surface area contributed by atoms with Gasteiger partial charge in [0.05, 0.1) is 11.2 Å². The van der Waals surface area contributed by atoms with Crippen molar-refractivity contribution in [3.63, 3.8) is 0 Å². The first-order valence-corrected chi connectivity index (χ1v) is 8.74. The molecule has 0 amide bonds. The summed E-state index contributed by atoms with van der Waals surface area (Å²) in [6.07, 6.45) is 0. The van der Waals surface area contributed by atoms with Gasteiger partial charge in [-0.15, -0.1) is 0 Å². The van der Waals surface area contributed by atoms with Gasteiger partial charge in [0, 0.05) is 23.4 Å². The molecule has 24 heavy (non-hydrogen) atoms. The Kier molecular flexibility index (Phi) is 3.59. The van der Waals surface area contributed by atoms with Crippen molar-refractivity contribution in [2.45, 2.75) is 78.7 Å². The molecule has 3 N–H and O–H groups in total. The van der Waals surface area contributed by atoms with E-state index in [1.54, 1.807) is 0 Å². The number of nitrogens with two attached hydrogens (primary N) is 1. The minimum Gasteiger partial charge on any atom is -0.369 e. The molecule has 6 heteroatoms. The molecule has 1 saturated carbocycles. The standard InChI is InChI=1S/C18H30N6/c1-9(2)14-22-15(24(23-14)17(4,5)6)12-11(18(12,7)8)13-10(3)20-16(19)21-13/h9,11-12H,1-8H3,(H3,19,20,21). The summed E-state index contributed by atoms with van der Waals surface area (Å²) < 4.78 is 2.11. The van der Waals surface area contributed by atoms with E-state index in [1.165, 1.54) is 0 Å². The second-order valence-corrected chi connectivity index (χ2v) is 8.97. The lowest BCUT2D eigenvalue weighted by Gasteiger charge is -2.21. The van der Waals surface area contributed by atoms with Crippen LogP contribution < -0.4 is 5.73 Å². The summed E-state index contributed by atoms with van der Waals surface area (Å²) in [5, 5.41) is 4.82. The minimum atomic E-state index is -0.0989. The predicted molar refractivity (Wildman–Crippen MR) is 96.1 cm³/mol. The van der Waals surface area contributed by atoms with Crippen LogP contribution in [0.4, 0.5) is 5.95 Å². The normalized spacial score (nSPS) is 23.0. The van der Waals surface area contributed by atoms with Crippen molar-refractivity contribution in [1.29, 1.82) is 0 Å². The average molecular weight is 330 g/mol. The van der Waals surface area contributed by atoms with Crippen molar-refractivity contribution in [3.05, 3.63) is 23.0 Å². The molecule has 0 bridgehead atoms. The van der Waals surface area contributed by atoms with E-state index in [2.05, 4.69) is 63.1 Å². The molecule has 1 aliphatic rings. The summed E-state index contributed by atoms with van der Waals surface area (Å²) in [6.45, 7) is 17.4. The van der Waals surface area contributed by atoms with E-state index < -0.39 is 0 Å². The van der Waals surface area contributed by atoms with Gasteiger partial charge in [0.15, 0.2) is 11.8 Å². The molecule has 0 aliphatic heterocycles. The van der Waals surface area contributed by atoms with Gasteiger partial charge in [0.1, 0.15) is 5.82 Å². The maximum Gasteiger partial charge on any atom is 0.197 e. The first-order chi connectivity index (χ1) is 10.9. The number of anilines is 1. The van der Waals surface area contributed by atoms with Crippen LogP contribution in [0.25, 0.3) is 0 Å². The Bertz CT molecular complexity index is 759. The second-order valence-electron chi connectivity index (χ2n) is 8.97. The van der Waals surface area contributed by atoms with E-state index in [0.29, 0.717) is 23.7 Å². The number of nitrogen functional groups attached to an aromatic ring is 1. The lowest BCUT2D eigenvalue weighted by molar-refractivity contribution is 0.335. The molecule has 2 heterocycles. The van der Waals surface area contributed by atoms with E-state index in [9.17, 15) is 0 Å². The second kappa shape index (κ2) is 5.07. The van der Waals surface area contributed by atoms with E-state index in [0.717, 1.165) is 23.0 Å². The number of nitrogens with one attached hydrogen (secondary N) is 1. The first-order valence-electron chi connectivity index (χ1n) is 8.74. The van der Waals surface area contributed by atoms with Gasteiger partial charge in [-0.05, 0) is 33.1 Å². The largest absolute Gasteiger partial charge is 0.369 e. The van der Waals surface area contributed by atoms with Crippen LogP contribution in [-0.4, -0.2) is 24.7 Å². The monoisotopic (exact) mass is 330 g/mol. The van der Waals surface area contributed by atoms with Crippen LogP contribution in [0.1, 0.15) is 89.3 Å². The maximum absolute atomic E-state index is 5.86. The van der Waals surface area contributed by atoms with Crippen molar-refractivity contribution >= 4 is 5.95 Å². The molecule has 0 saturated heterocycles. The number of hydrogen-bond acceptors (Lipinski definition) is 4. The third-order valence-corrected chi connectivity index (χ3v) is 5.14. The quantitative estimate of drug-likeness (QED) is 0.899. The summed E-state index contributed by atoms with van der Waals surface area (Å²) >= 11 is 0. The fraction of sp³-hybridized carbons (Fsp3) is 0.722. The fourth-order valence-electron chi connectivity index (χ4n) is 3.71. The van der Waals surface area contributed by atoms with Crippen LogP contribution in [0.2, 0.25) is 0 Å². The Morgan fingerprint density at radius 1 is 1.17 bits per heavy atom. The highest BCUT2D eigenvalue weighted by atomic mass is 15.4. The lowest BCUT2D eigenvalue weighted by atomic mass is 10.1. The average Bonchev–Trinajstić information content (AvgIpc) is 2.79. The Morgan fingerprint density at radius 3 is 2.25 bits per heavy atom. The van der Waals surface area contributed by atoms with E-state index in [4.69, 9.17) is 15.8 Å². The van der Waals surface area contributed by atoms with Gasteiger partial charge in [0.25, 0.3) is 0 Å². The predicted octanol–water partition coefficient (Wildman–Crippen LogP) is 3.68. The van der Waals surface area contributed by atoms with E-state index >= 15 is 0 Å². The van der Waals surface area contributed by atoms with Gasteiger partial charge in [-0.2, -0.15) is 5.10 Å². The van der Waals surface area contributed by atoms with Gasteiger partial charge in [0.2, 0.25) is 0 Å². The third kappa shape index (κ3) is 2.52. The highest BCUT2D eigenvalue weighted by Crippen LogP contribution is 2.69. The highest BCUT2D eigenvalue weighted by Gasteiger charge is 2.63. The number of aromatic nitrogens is 5. The first kappa shape index (κ1) is 17.0. The molecule has 6 nitrogen and oxygen atoms in total. The maximum atomic E-state index is 5.86. The topological polar surface area (TPSA) is 85.4 Å². The molecular weight excluding hydrogens is 300 g/mol. The zero-order chi connectivity index (χ0) is 18.0. The van der Waals surface area contributed by atoms with Crippen LogP contribution in [-0.2, 0) is 5.54 Å². The van der Waals surface area contributed by atoms with Crippen LogP contribution in [0, 0.1) is 12.3 Å². The number of hydrogen-bond donors (Lipinski definition) is 2. The molecule has 0 aromatic carbocycles. The summed E-state index contributed by atoms with van der Waals surface area (Å²) in [4.78, 5) is 12.6. The van der Waals surface area contributed by atoms with Crippen LogP contribution in [0.15, 0.2) is 0 Å². The van der Waals surface area contributed by atoms with Gasteiger partial charge in [-0.3, -0.25) is 0 Å². The lowest BCUT2D eigenvalue weighted by Crippen LogP contribution is -2.26. The molecule has 2 atom stereocenters. The molecule has 2 unspecified atom stereocenters. The number of aryl methyl sites for hydroxylation is 1. The Balaban J connectivity index is 2.07. The van der Waals surface area contributed by atoms with Crippen LogP contribution in [0.5, 0.6) is 0 Å². The van der Waals surface area contributed by atoms with Crippen molar-refractivity contribution in [2.75, 3.05) is 5.73 Å². The summed E-state index contributed by atoms with van der Waals surface area (Å²) in [6, 6.07) is 0. The summed E-state index contributed by atoms with van der Waals surface area (Å²) in [5.41, 5.74) is 7.98. The van der Waals surface area contributed by atoms with Gasteiger partial charge in [-0.1, -0.05) is 27.7 Å². The van der Waals surface area contributed by atoms with Crippen LogP contribution in [0.3, 0.4) is 0 Å². The van der Waals surface area contributed by atoms with Crippen molar-refractivity contribution < 1.29 is 0 Å². The zero-order valence-corrected chi connectivity index (χ0v) is 16.1. The molecule has 2 aromatic heterocycles. The fourth-order valence-corrected chi connectivity index (χ4v) is 3.71. The van der Waals surface area contributed by atoms with E-state index in [1.807, 2.05) is 6.92 Å². The van der Waals surface area contributed by atoms with Gasteiger partial charge >= 0.3 is 0 Å². The molecule has 1 aliphatic carbocycles. The zero-order valence-electron chi connectivity index (χ0n) is 16.1. The Hall–Kier alpha value is -1.85.